The van der Waals surface area contributed by atoms with Gasteiger partial charge in [0.15, 0.2) is 17.5 Å². The Balaban J connectivity index is 1.29. The minimum absolute atomic E-state index is 0.0176. The van der Waals surface area contributed by atoms with E-state index < -0.39 is 23.0 Å². The molecule has 4 aromatic rings. The average Bonchev–Trinajstić information content (AvgIpc) is 3.44. The van der Waals surface area contributed by atoms with Gasteiger partial charge in [-0.25, -0.2) is 17.9 Å². The summed E-state index contributed by atoms with van der Waals surface area (Å²) in [5.41, 5.74) is 1.17. The SMILES string of the molecule is COCCCN1CCN(c2nc(-c3cccc(Cn4nc(-c5cc(F)c(F)c(F)c5)ccc4=O)c3)no2)CC1. The van der Waals surface area contributed by atoms with Gasteiger partial charge in [-0.05, 0) is 36.2 Å². The number of halogens is 3. The molecule has 0 atom stereocenters. The summed E-state index contributed by atoms with van der Waals surface area (Å²) in [6.07, 6.45) is 0.993. The molecule has 0 radical (unpaired) electrons. The van der Waals surface area contributed by atoms with E-state index in [2.05, 4.69) is 25.0 Å². The van der Waals surface area contributed by atoms with E-state index in [1.54, 1.807) is 13.2 Å². The number of methoxy groups -OCH3 is 1. The lowest BCUT2D eigenvalue weighted by molar-refractivity contribution is 0.168. The molecule has 12 heteroatoms. The van der Waals surface area contributed by atoms with Crippen molar-refractivity contribution in [2.24, 2.45) is 0 Å². The predicted molar refractivity (Wildman–Crippen MR) is 138 cm³/mol. The van der Waals surface area contributed by atoms with Gasteiger partial charge < -0.3 is 14.2 Å². The maximum absolute atomic E-state index is 13.7. The van der Waals surface area contributed by atoms with E-state index in [4.69, 9.17) is 9.26 Å². The molecule has 0 N–H and O–H groups in total. The van der Waals surface area contributed by atoms with Crippen LogP contribution in [-0.4, -0.2) is 71.3 Å². The third-order valence-corrected chi connectivity index (χ3v) is 6.54. The molecule has 1 fully saturated rings. The quantitative estimate of drug-likeness (QED) is 0.235. The first-order chi connectivity index (χ1) is 18.9. The Bertz CT molecular complexity index is 1480. The molecule has 0 spiro atoms. The van der Waals surface area contributed by atoms with E-state index >= 15 is 0 Å². The Labute approximate surface area is 222 Å². The lowest BCUT2D eigenvalue weighted by Gasteiger charge is -2.33. The van der Waals surface area contributed by atoms with Crippen molar-refractivity contribution in [1.82, 2.24) is 24.8 Å². The summed E-state index contributed by atoms with van der Waals surface area (Å²) < 4.78 is 52.6. The van der Waals surface area contributed by atoms with Crippen molar-refractivity contribution in [2.75, 3.05) is 51.3 Å². The number of benzene rings is 2. The number of rotatable bonds is 9. The number of hydrogen-bond donors (Lipinski definition) is 0. The van der Waals surface area contributed by atoms with E-state index in [1.165, 1.54) is 16.8 Å². The minimum Gasteiger partial charge on any atom is -0.385 e. The monoisotopic (exact) mass is 540 g/mol. The first-order valence-corrected chi connectivity index (χ1v) is 12.5. The molecule has 0 aliphatic carbocycles. The van der Waals surface area contributed by atoms with Crippen molar-refractivity contribution < 1.29 is 22.4 Å². The van der Waals surface area contributed by atoms with Crippen molar-refractivity contribution in [1.29, 1.82) is 0 Å². The highest BCUT2D eigenvalue weighted by atomic mass is 19.2. The van der Waals surface area contributed by atoms with Crippen LogP contribution in [0.3, 0.4) is 0 Å². The smallest absolute Gasteiger partial charge is 0.324 e. The molecule has 9 nitrogen and oxygen atoms in total. The fourth-order valence-electron chi connectivity index (χ4n) is 4.46. The molecule has 0 saturated carbocycles. The molecule has 3 heterocycles. The van der Waals surface area contributed by atoms with Gasteiger partial charge in [-0.15, -0.1) is 0 Å². The molecule has 1 saturated heterocycles. The highest BCUT2D eigenvalue weighted by Gasteiger charge is 2.22. The molecule has 5 rings (SSSR count). The average molecular weight is 541 g/mol. The van der Waals surface area contributed by atoms with Gasteiger partial charge in [-0.3, -0.25) is 9.69 Å². The van der Waals surface area contributed by atoms with Crippen molar-refractivity contribution in [3.63, 3.8) is 0 Å². The van der Waals surface area contributed by atoms with Crippen molar-refractivity contribution in [3.8, 4) is 22.6 Å². The fourth-order valence-corrected chi connectivity index (χ4v) is 4.46. The predicted octanol–water partition coefficient (Wildman–Crippen LogP) is 3.58. The van der Waals surface area contributed by atoms with Crippen LogP contribution in [0, 0.1) is 17.5 Å². The van der Waals surface area contributed by atoms with E-state index in [9.17, 15) is 18.0 Å². The highest BCUT2D eigenvalue weighted by molar-refractivity contribution is 5.59. The van der Waals surface area contributed by atoms with Gasteiger partial charge in [-0.2, -0.15) is 10.1 Å². The van der Waals surface area contributed by atoms with Crippen LogP contribution < -0.4 is 10.5 Å². The molecular weight excluding hydrogens is 513 g/mol. The number of nitrogens with zero attached hydrogens (tertiary/aromatic N) is 6. The molecule has 204 valence electrons. The Morgan fingerprint density at radius 3 is 2.49 bits per heavy atom. The molecule has 2 aromatic heterocycles. The van der Waals surface area contributed by atoms with Gasteiger partial charge in [0.1, 0.15) is 0 Å². The van der Waals surface area contributed by atoms with Crippen LogP contribution in [0.2, 0.25) is 0 Å². The molecule has 1 aliphatic rings. The highest BCUT2D eigenvalue weighted by Crippen LogP contribution is 2.23. The summed E-state index contributed by atoms with van der Waals surface area (Å²) in [6, 6.07) is 12.0. The largest absolute Gasteiger partial charge is 0.385 e. The first kappa shape index (κ1) is 26.6. The molecule has 0 bridgehead atoms. The van der Waals surface area contributed by atoms with E-state index in [0.717, 1.165) is 63.4 Å². The standard InChI is InChI=1S/C27H27F3N6O3/c1-38-13-3-8-34-9-11-35(12-10-34)27-31-26(33-39-27)19-5-2-4-18(14-19)17-36-24(37)7-6-23(32-36)20-15-21(28)25(30)22(29)16-20/h2,4-7,14-16H,3,8-13,17H2,1H3. The third kappa shape index (κ3) is 6.18. The summed E-state index contributed by atoms with van der Waals surface area (Å²) in [6.45, 7) is 5.17. The minimum atomic E-state index is -1.56. The van der Waals surface area contributed by atoms with Crippen LogP contribution in [-0.2, 0) is 11.3 Å². The Morgan fingerprint density at radius 2 is 1.74 bits per heavy atom. The van der Waals surface area contributed by atoms with Crippen LogP contribution in [0.15, 0.2) is 57.8 Å². The maximum Gasteiger partial charge on any atom is 0.324 e. The third-order valence-electron chi connectivity index (χ3n) is 6.54. The molecule has 39 heavy (non-hydrogen) atoms. The molecule has 2 aromatic carbocycles. The normalized spacial score (nSPS) is 14.2. The summed E-state index contributed by atoms with van der Waals surface area (Å²) >= 11 is 0. The number of anilines is 1. The van der Waals surface area contributed by atoms with Gasteiger partial charge in [0.05, 0.1) is 12.2 Å². The Kier molecular flexibility index (Phi) is 8.03. The number of hydrogen-bond acceptors (Lipinski definition) is 8. The van der Waals surface area contributed by atoms with Crippen LogP contribution >= 0.6 is 0 Å². The number of piperazine rings is 1. The van der Waals surface area contributed by atoms with E-state index in [0.29, 0.717) is 17.4 Å². The van der Waals surface area contributed by atoms with Gasteiger partial charge >= 0.3 is 6.01 Å². The van der Waals surface area contributed by atoms with Gasteiger partial charge in [0.25, 0.3) is 5.56 Å². The van der Waals surface area contributed by atoms with Crippen molar-refractivity contribution in [2.45, 2.75) is 13.0 Å². The van der Waals surface area contributed by atoms with Crippen LogP contribution in [0.4, 0.5) is 19.2 Å². The zero-order valence-electron chi connectivity index (χ0n) is 21.3. The Hall–Kier alpha value is -4.03. The maximum atomic E-state index is 13.7. The summed E-state index contributed by atoms with van der Waals surface area (Å²) in [5.74, 6) is -3.81. The number of aromatic nitrogens is 4. The number of ether oxygens (including phenoxy) is 1. The van der Waals surface area contributed by atoms with Crippen LogP contribution in [0.25, 0.3) is 22.6 Å². The first-order valence-electron chi connectivity index (χ1n) is 12.5. The van der Waals surface area contributed by atoms with Crippen LogP contribution in [0.5, 0.6) is 0 Å². The van der Waals surface area contributed by atoms with E-state index in [-0.39, 0.29) is 17.8 Å². The van der Waals surface area contributed by atoms with Gasteiger partial charge in [-0.1, -0.05) is 23.4 Å². The van der Waals surface area contributed by atoms with Crippen molar-refractivity contribution in [3.05, 3.63) is 81.9 Å². The fraction of sp³-hybridized carbons (Fsp3) is 0.333. The Morgan fingerprint density at radius 1 is 0.974 bits per heavy atom. The molecule has 0 unspecified atom stereocenters. The van der Waals surface area contributed by atoms with Gasteiger partial charge in [0.2, 0.25) is 5.82 Å². The zero-order chi connectivity index (χ0) is 27.4. The zero-order valence-corrected chi connectivity index (χ0v) is 21.3. The summed E-state index contributed by atoms with van der Waals surface area (Å²) in [5, 5.41) is 8.37. The lowest BCUT2D eigenvalue weighted by atomic mass is 10.1. The second-order valence-corrected chi connectivity index (χ2v) is 9.24. The molecule has 1 aliphatic heterocycles. The topological polar surface area (TPSA) is 89.5 Å². The van der Waals surface area contributed by atoms with Crippen molar-refractivity contribution >= 4 is 6.01 Å². The summed E-state index contributed by atoms with van der Waals surface area (Å²) in [4.78, 5) is 21.5. The second kappa shape index (κ2) is 11.8. The summed E-state index contributed by atoms with van der Waals surface area (Å²) in [7, 11) is 1.71. The molecule has 0 amide bonds. The van der Waals surface area contributed by atoms with Crippen LogP contribution in [0.1, 0.15) is 12.0 Å². The molecular formula is C27H27F3N6O3. The second-order valence-electron chi connectivity index (χ2n) is 9.24. The van der Waals surface area contributed by atoms with E-state index in [1.807, 2.05) is 18.2 Å². The lowest BCUT2D eigenvalue weighted by Crippen LogP contribution is -2.46. The van der Waals surface area contributed by atoms with Gasteiger partial charge in [0, 0.05) is 63.6 Å².